The summed E-state index contributed by atoms with van der Waals surface area (Å²) in [6, 6.07) is 6.79. The SMILES string of the molecule is CCN(Cc1ccccn1)CC1NCCC1C. The van der Waals surface area contributed by atoms with Gasteiger partial charge < -0.3 is 5.32 Å². The van der Waals surface area contributed by atoms with Crippen LogP contribution >= 0.6 is 0 Å². The lowest BCUT2D eigenvalue weighted by Crippen LogP contribution is -2.39. The molecule has 1 fully saturated rings. The molecule has 0 radical (unpaired) electrons. The quantitative estimate of drug-likeness (QED) is 0.842. The van der Waals surface area contributed by atoms with Crippen LogP contribution in [0, 0.1) is 5.92 Å². The lowest BCUT2D eigenvalue weighted by Gasteiger charge is -2.26. The largest absolute Gasteiger partial charge is 0.312 e. The predicted octanol–water partition coefficient (Wildman–Crippen LogP) is 1.90. The monoisotopic (exact) mass is 233 g/mol. The second-order valence-corrected chi connectivity index (χ2v) is 4.98. The van der Waals surface area contributed by atoms with Gasteiger partial charge in [-0.1, -0.05) is 19.9 Å². The fourth-order valence-corrected chi connectivity index (χ4v) is 2.45. The van der Waals surface area contributed by atoms with E-state index >= 15 is 0 Å². The third kappa shape index (κ3) is 3.51. The smallest absolute Gasteiger partial charge is 0.0543 e. The van der Waals surface area contributed by atoms with Crippen LogP contribution in [-0.2, 0) is 6.54 Å². The summed E-state index contributed by atoms with van der Waals surface area (Å²) in [5.74, 6) is 0.799. The summed E-state index contributed by atoms with van der Waals surface area (Å²) in [4.78, 5) is 6.87. The van der Waals surface area contributed by atoms with Gasteiger partial charge in [0.25, 0.3) is 0 Å². The number of likely N-dealkylation sites (N-methyl/N-ethyl adjacent to an activating group) is 1. The van der Waals surface area contributed by atoms with Gasteiger partial charge in [-0.2, -0.15) is 0 Å². The summed E-state index contributed by atoms with van der Waals surface area (Å²) in [7, 11) is 0. The highest BCUT2D eigenvalue weighted by Gasteiger charge is 2.24. The molecular formula is C14H23N3. The van der Waals surface area contributed by atoms with Crippen molar-refractivity contribution in [2.24, 2.45) is 5.92 Å². The van der Waals surface area contributed by atoms with E-state index in [1.165, 1.54) is 18.7 Å². The molecule has 1 saturated heterocycles. The molecule has 0 bridgehead atoms. The van der Waals surface area contributed by atoms with Crippen LogP contribution in [-0.4, -0.2) is 35.6 Å². The van der Waals surface area contributed by atoms with E-state index in [-0.39, 0.29) is 0 Å². The number of nitrogens with zero attached hydrogens (tertiary/aromatic N) is 2. The number of hydrogen-bond donors (Lipinski definition) is 1. The van der Waals surface area contributed by atoms with Crippen molar-refractivity contribution in [2.45, 2.75) is 32.9 Å². The number of pyridine rings is 1. The van der Waals surface area contributed by atoms with E-state index in [0.29, 0.717) is 6.04 Å². The number of aromatic nitrogens is 1. The summed E-state index contributed by atoms with van der Waals surface area (Å²) in [6.07, 6.45) is 3.19. The van der Waals surface area contributed by atoms with Crippen molar-refractivity contribution >= 4 is 0 Å². The summed E-state index contributed by atoms with van der Waals surface area (Å²) < 4.78 is 0. The molecule has 1 aromatic rings. The minimum Gasteiger partial charge on any atom is -0.312 e. The van der Waals surface area contributed by atoms with Crippen molar-refractivity contribution in [1.82, 2.24) is 15.2 Å². The fraction of sp³-hybridized carbons (Fsp3) is 0.643. The van der Waals surface area contributed by atoms with Gasteiger partial charge in [0.15, 0.2) is 0 Å². The van der Waals surface area contributed by atoms with Gasteiger partial charge in [-0.3, -0.25) is 9.88 Å². The molecule has 0 spiro atoms. The molecule has 3 nitrogen and oxygen atoms in total. The zero-order chi connectivity index (χ0) is 12.1. The van der Waals surface area contributed by atoms with Gasteiger partial charge in [-0.05, 0) is 37.6 Å². The summed E-state index contributed by atoms with van der Waals surface area (Å²) in [5, 5.41) is 3.59. The Kier molecular flexibility index (Phi) is 4.51. The molecule has 1 aromatic heterocycles. The Morgan fingerprint density at radius 3 is 2.94 bits per heavy atom. The minimum atomic E-state index is 0.652. The van der Waals surface area contributed by atoms with Crippen LogP contribution in [0.3, 0.4) is 0 Å². The van der Waals surface area contributed by atoms with Gasteiger partial charge in [-0.15, -0.1) is 0 Å². The third-order valence-electron chi connectivity index (χ3n) is 3.71. The standard InChI is InChI=1S/C14H23N3/c1-3-17(10-13-6-4-5-8-15-13)11-14-12(2)7-9-16-14/h4-6,8,12,14,16H,3,7,9-11H2,1-2H3. The van der Waals surface area contributed by atoms with Crippen molar-refractivity contribution in [1.29, 1.82) is 0 Å². The maximum atomic E-state index is 4.40. The second-order valence-electron chi connectivity index (χ2n) is 4.98. The van der Waals surface area contributed by atoms with E-state index in [4.69, 9.17) is 0 Å². The molecule has 1 aliphatic rings. The Morgan fingerprint density at radius 2 is 2.35 bits per heavy atom. The van der Waals surface area contributed by atoms with Gasteiger partial charge >= 0.3 is 0 Å². The highest BCUT2D eigenvalue weighted by atomic mass is 15.2. The molecule has 17 heavy (non-hydrogen) atoms. The highest BCUT2D eigenvalue weighted by molar-refractivity contribution is 5.03. The average Bonchev–Trinajstić information content (AvgIpc) is 2.75. The predicted molar refractivity (Wildman–Crippen MR) is 70.8 cm³/mol. The van der Waals surface area contributed by atoms with Crippen LogP contribution in [0.5, 0.6) is 0 Å². The molecule has 0 aromatic carbocycles. The van der Waals surface area contributed by atoms with Crippen LogP contribution in [0.25, 0.3) is 0 Å². The zero-order valence-electron chi connectivity index (χ0n) is 10.9. The van der Waals surface area contributed by atoms with E-state index in [1.807, 2.05) is 12.3 Å². The first-order chi connectivity index (χ1) is 8.29. The molecule has 0 aliphatic carbocycles. The average molecular weight is 233 g/mol. The summed E-state index contributed by atoms with van der Waals surface area (Å²) >= 11 is 0. The highest BCUT2D eigenvalue weighted by Crippen LogP contribution is 2.16. The molecule has 1 N–H and O–H groups in total. The van der Waals surface area contributed by atoms with Gasteiger partial charge in [0.1, 0.15) is 0 Å². The Hall–Kier alpha value is -0.930. The molecule has 2 heterocycles. The first-order valence-corrected chi connectivity index (χ1v) is 6.65. The Bertz CT molecular complexity index is 325. The molecular weight excluding hydrogens is 210 g/mol. The lowest BCUT2D eigenvalue weighted by atomic mass is 10.0. The molecule has 94 valence electrons. The van der Waals surface area contributed by atoms with Crippen LogP contribution in [0.2, 0.25) is 0 Å². The summed E-state index contributed by atoms with van der Waals surface area (Å²) in [5.41, 5.74) is 1.17. The zero-order valence-corrected chi connectivity index (χ0v) is 10.9. The van der Waals surface area contributed by atoms with E-state index < -0.39 is 0 Å². The first-order valence-electron chi connectivity index (χ1n) is 6.65. The molecule has 2 rings (SSSR count). The minimum absolute atomic E-state index is 0.652. The topological polar surface area (TPSA) is 28.2 Å². The van der Waals surface area contributed by atoms with Crippen LogP contribution in [0.4, 0.5) is 0 Å². The molecule has 0 saturated carbocycles. The Labute approximate surface area is 104 Å². The number of hydrogen-bond acceptors (Lipinski definition) is 3. The van der Waals surface area contributed by atoms with Crippen molar-refractivity contribution in [2.75, 3.05) is 19.6 Å². The van der Waals surface area contributed by atoms with Crippen molar-refractivity contribution in [3.05, 3.63) is 30.1 Å². The van der Waals surface area contributed by atoms with Gasteiger partial charge in [0, 0.05) is 25.3 Å². The molecule has 3 heteroatoms. The van der Waals surface area contributed by atoms with E-state index in [0.717, 1.165) is 25.6 Å². The lowest BCUT2D eigenvalue weighted by molar-refractivity contribution is 0.234. The normalized spacial score (nSPS) is 24.4. The van der Waals surface area contributed by atoms with Gasteiger partial charge in [-0.25, -0.2) is 0 Å². The van der Waals surface area contributed by atoms with E-state index in [9.17, 15) is 0 Å². The van der Waals surface area contributed by atoms with Crippen LogP contribution in [0.1, 0.15) is 26.0 Å². The van der Waals surface area contributed by atoms with Crippen LogP contribution < -0.4 is 5.32 Å². The van der Waals surface area contributed by atoms with Crippen molar-refractivity contribution in [3.8, 4) is 0 Å². The van der Waals surface area contributed by atoms with Gasteiger partial charge in [0.2, 0.25) is 0 Å². The van der Waals surface area contributed by atoms with Crippen molar-refractivity contribution < 1.29 is 0 Å². The van der Waals surface area contributed by atoms with Crippen LogP contribution in [0.15, 0.2) is 24.4 Å². The number of rotatable bonds is 5. The molecule has 1 aliphatic heterocycles. The first kappa shape index (κ1) is 12.5. The fourth-order valence-electron chi connectivity index (χ4n) is 2.45. The van der Waals surface area contributed by atoms with Crippen molar-refractivity contribution in [3.63, 3.8) is 0 Å². The molecule has 2 unspecified atom stereocenters. The van der Waals surface area contributed by atoms with Gasteiger partial charge in [0.05, 0.1) is 5.69 Å². The van der Waals surface area contributed by atoms with E-state index in [2.05, 4.69) is 41.2 Å². The summed E-state index contributed by atoms with van der Waals surface area (Å²) in [6.45, 7) is 8.92. The third-order valence-corrected chi connectivity index (χ3v) is 3.71. The molecule has 0 amide bonds. The number of nitrogens with one attached hydrogen (secondary N) is 1. The maximum Gasteiger partial charge on any atom is 0.0543 e. The van der Waals surface area contributed by atoms with E-state index in [1.54, 1.807) is 0 Å². The Morgan fingerprint density at radius 1 is 1.47 bits per heavy atom. The second kappa shape index (κ2) is 6.12. The molecule has 2 atom stereocenters. The Balaban J connectivity index is 1.88. The maximum absolute atomic E-state index is 4.40.